The largest absolute Gasteiger partial charge is 0.454 e. The fourth-order valence-corrected chi connectivity index (χ4v) is 6.45. The van der Waals surface area contributed by atoms with Gasteiger partial charge in [-0.15, -0.1) is 0 Å². The Labute approximate surface area is 271 Å². The second kappa shape index (κ2) is 11.2. The number of oxazole rings is 1. The summed E-state index contributed by atoms with van der Waals surface area (Å²) in [4.78, 5) is 7.24. The smallest absolute Gasteiger partial charge is 0.227 e. The first-order valence-corrected chi connectivity index (χ1v) is 15.7. The molecule has 0 fully saturated rings. The first-order chi connectivity index (χ1) is 23.3. The van der Waals surface area contributed by atoms with Crippen molar-refractivity contribution in [3.05, 3.63) is 170 Å². The van der Waals surface area contributed by atoms with E-state index in [1.807, 2.05) is 60.7 Å². The predicted molar refractivity (Wildman–Crippen MR) is 192 cm³/mol. The number of hydrogen-bond acceptors (Lipinski definition) is 4. The monoisotopic (exact) mass is 604 g/mol. The summed E-state index contributed by atoms with van der Waals surface area (Å²) >= 11 is 0. The van der Waals surface area contributed by atoms with Crippen LogP contribution in [0.3, 0.4) is 0 Å². The van der Waals surface area contributed by atoms with Crippen LogP contribution >= 0.6 is 0 Å². The number of hydrogen-bond donors (Lipinski definition) is 0. The van der Waals surface area contributed by atoms with E-state index >= 15 is 0 Å². The average Bonchev–Trinajstić information content (AvgIpc) is 3.75. The number of rotatable bonds is 6. The highest BCUT2D eigenvalue weighted by molar-refractivity contribution is 6.21. The van der Waals surface area contributed by atoms with Crippen LogP contribution in [0, 0.1) is 0 Å². The summed E-state index contributed by atoms with van der Waals surface area (Å²) in [5, 5.41) is 1.94. The van der Waals surface area contributed by atoms with Crippen LogP contribution < -0.4 is 4.90 Å². The van der Waals surface area contributed by atoms with Crippen LogP contribution in [0.25, 0.3) is 66.7 Å². The molecule has 0 aliphatic carbocycles. The maximum absolute atomic E-state index is 6.66. The average molecular weight is 605 g/mol. The van der Waals surface area contributed by atoms with Crippen molar-refractivity contribution in [3.63, 3.8) is 0 Å². The Morgan fingerprint density at radius 3 is 1.72 bits per heavy atom. The molecular weight excluding hydrogens is 576 g/mol. The molecule has 0 radical (unpaired) electrons. The number of anilines is 3. The first-order valence-electron chi connectivity index (χ1n) is 15.7. The molecule has 0 aliphatic rings. The molecule has 0 saturated heterocycles. The molecule has 2 aromatic heterocycles. The standard InChI is InChI=1S/C43H28N2O2/c1-4-13-29(14-5-1)32-17-12-18-33(27-32)30-23-25-35(26-24-30)45(34-19-8-3-9-20-34)37-28-39-41(44-43(47-39)31-15-6-2-7-16-31)40-36-21-10-11-22-38(36)46-42(37)40/h1-28H. The highest BCUT2D eigenvalue weighted by Crippen LogP contribution is 2.46. The van der Waals surface area contributed by atoms with Gasteiger partial charge in [-0.2, -0.15) is 0 Å². The number of nitrogens with zero attached hydrogens (tertiary/aromatic N) is 2. The molecule has 7 aromatic carbocycles. The summed E-state index contributed by atoms with van der Waals surface area (Å²) in [5.41, 5.74) is 11.6. The molecule has 0 amide bonds. The molecule has 222 valence electrons. The molecule has 0 bridgehead atoms. The fraction of sp³-hybridized carbons (Fsp3) is 0. The van der Waals surface area contributed by atoms with E-state index in [0.717, 1.165) is 55.6 Å². The molecule has 0 spiro atoms. The summed E-state index contributed by atoms with van der Waals surface area (Å²) in [7, 11) is 0. The number of aromatic nitrogens is 1. The molecule has 0 N–H and O–H groups in total. The van der Waals surface area contributed by atoms with E-state index in [1.54, 1.807) is 0 Å². The van der Waals surface area contributed by atoms with Gasteiger partial charge in [0.15, 0.2) is 11.2 Å². The van der Waals surface area contributed by atoms with Gasteiger partial charge in [-0.05, 0) is 70.8 Å². The predicted octanol–water partition coefficient (Wildman–Crippen LogP) is 12.2. The molecule has 2 heterocycles. The van der Waals surface area contributed by atoms with Crippen LogP contribution in [0.5, 0.6) is 0 Å². The third-order valence-electron chi connectivity index (χ3n) is 8.69. The van der Waals surface area contributed by atoms with Crippen molar-refractivity contribution < 1.29 is 8.83 Å². The van der Waals surface area contributed by atoms with Gasteiger partial charge in [-0.25, -0.2) is 4.98 Å². The van der Waals surface area contributed by atoms with Crippen molar-refractivity contribution in [3.8, 4) is 33.7 Å². The lowest BCUT2D eigenvalue weighted by Crippen LogP contribution is -2.10. The van der Waals surface area contributed by atoms with E-state index in [4.69, 9.17) is 13.8 Å². The summed E-state index contributed by atoms with van der Waals surface area (Å²) in [6.45, 7) is 0. The first kappa shape index (κ1) is 27.0. The molecule has 0 unspecified atom stereocenters. The molecule has 47 heavy (non-hydrogen) atoms. The van der Waals surface area contributed by atoms with Gasteiger partial charge in [0.2, 0.25) is 5.89 Å². The minimum atomic E-state index is 0.581. The number of para-hydroxylation sites is 2. The van der Waals surface area contributed by atoms with E-state index in [2.05, 4.69) is 114 Å². The number of benzene rings is 7. The van der Waals surface area contributed by atoms with Crippen molar-refractivity contribution >= 4 is 50.1 Å². The van der Waals surface area contributed by atoms with Crippen molar-refractivity contribution in [2.75, 3.05) is 4.90 Å². The van der Waals surface area contributed by atoms with Gasteiger partial charge in [0.25, 0.3) is 0 Å². The highest BCUT2D eigenvalue weighted by atomic mass is 16.4. The third kappa shape index (κ3) is 4.75. The minimum Gasteiger partial charge on any atom is -0.454 e. The van der Waals surface area contributed by atoms with Crippen LogP contribution in [0.2, 0.25) is 0 Å². The quantitative estimate of drug-likeness (QED) is 0.189. The Morgan fingerprint density at radius 1 is 0.426 bits per heavy atom. The summed E-state index contributed by atoms with van der Waals surface area (Å²) in [5.74, 6) is 0.581. The highest BCUT2D eigenvalue weighted by Gasteiger charge is 2.24. The van der Waals surface area contributed by atoms with Gasteiger partial charge in [0.05, 0.1) is 11.1 Å². The van der Waals surface area contributed by atoms with Crippen molar-refractivity contribution in [1.82, 2.24) is 4.98 Å². The van der Waals surface area contributed by atoms with E-state index in [0.29, 0.717) is 11.5 Å². The normalized spacial score (nSPS) is 11.4. The Hall–Kier alpha value is -6.39. The van der Waals surface area contributed by atoms with Gasteiger partial charge in [0, 0.05) is 28.4 Å². The van der Waals surface area contributed by atoms with Crippen molar-refractivity contribution in [1.29, 1.82) is 0 Å². The molecule has 4 heteroatoms. The van der Waals surface area contributed by atoms with Crippen molar-refractivity contribution in [2.24, 2.45) is 0 Å². The van der Waals surface area contributed by atoms with E-state index in [9.17, 15) is 0 Å². The molecule has 4 nitrogen and oxygen atoms in total. The SMILES string of the molecule is c1ccc(-c2cccc(-c3ccc(N(c4ccccc4)c4cc5oc(-c6ccccc6)nc5c5c4oc4ccccc45)cc3)c2)cc1. The third-order valence-corrected chi connectivity index (χ3v) is 8.69. The topological polar surface area (TPSA) is 42.4 Å². The van der Waals surface area contributed by atoms with Gasteiger partial charge < -0.3 is 13.7 Å². The van der Waals surface area contributed by atoms with Crippen LogP contribution in [0.15, 0.2) is 179 Å². The molecule has 9 rings (SSSR count). The lowest BCUT2D eigenvalue weighted by Gasteiger charge is -2.25. The van der Waals surface area contributed by atoms with Gasteiger partial charge in [0.1, 0.15) is 11.1 Å². The number of furan rings is 1. The molecule has 0 aliphatic heterocycles. The fourth-order valence-electron chi connectivity index (χ4n) is 6.45. The van der Waals surface area contributed by atoms with E-state index in [-0.39, 0.29) is 0 Å². The summed E-state index contributed by atoms with van der Waals surface area (Å²) < 4.78 is 13.1. The second-order valence-electron chi connectivity index (χ2n) is 11.6. The van der Waals surface area contributed by atoms with Gasteiger partial charge in [-0.1, -0.05) is 115 Å². The molecule has 0 saturated carbocycles. The van der Waals surface area contributed by atoms with E-state index < -0.39 is 0 Å². The van der Waals surface area contributed by atoms with Crippen LogP contribution in [-0.4, -0.2) is 4.98 Å². The van der Waals surface area contributed by atoms with Gasteiger partial charge >= 0.3 is 0 Å². The Kier molecular flexibility index (Phi) is 6.43. The molecule has 0 atom stereocenters. The lowest BCUT2D eigenvalue weighted by atomic mass is 9.99. The van der Waals surface area contributed by atoms with Crippen LogP contribution in [0.1, 0.15) is 0 Å². The lowest BCUT2D eigenvalue weighted by molar-refractivity contribution is 0.619. The van der Waals surface area contributed by atoms with Crippen molar-refractivity contribution in [2.45, 2.75) is 0 Å². The van der Waals surface area contributed by atoms with Gasteiger partial charge in [-0.3, -0.25) is 0 Å². The minimum absolute atomic E-state index is 0.581. The molecule has 9 aromatic rings. The summed E-state index contributed by atoms with van der Waals surface area (Å²) in [6, 6.07) is 58.5. The second-order valence-corrected chi connectivity index (χ2v) is 11.6. The summed E-state index contributed by atoms with van der Waals surface area (Å²) in [6.07, 6.45) is 0. The molecular formula is C43H28N2O2. The van der Waals surface area contributed by atoms with Crippen LogP contribution in [0.4, 0.5) is 17.1 Å². The Morgan fingerprint density at radius 2 is 1.00 bits per heavy atom. The zero-order chi connectivity index (χ0) is 31.2. The maximum Gasteiger partial charge on any atom is 0.227 e. The van der Waals surface area contributed by atoms with Crippen LogP contribution in [-0.2, 0) is 0 Å². The van der Waals surface area contributed by atoms with E-state index in [1.165, 1.54) is 16.7 Å². The number of fused-ring (bicyclic) bond motifs is 5. The zero-order valence-corrected chi connectivity index (χ0v) is 25.4. The zero-order valence-electron chi connectivity index (χ0n) is 25.4. The maximum atomic E-state index is 6.66. The Balaban J connectivity index is 1.23. The Bertz CT molecular complexity index is 2500.